The molecule has 86 valence electrons. The molecule has 1 heterocycles. The van der Waals surface area contributed by atoms with Crippen molar-refractivity contribution in [2.45, 2.75) is 24.5 Å². The van der Waals surface area contributed by atoms with Crippen LogP contribution in [0.2, 0.25) is 0 Å². The summed E-state index contributed by atoms with van der Waals surface area (Å²) in [6.07, 6.45) is 2.50. The van der Waals surface area contributed by atoms with Gasteiger partial charge in [0.2, 0.25) is 5.91 Å². The summed E-state index contributed by atoms with van der Waals surface area (Å²) in [6.45, 7) is 0.506. The van der Waals surface area contributed by atoms with Crippen LogP contribution >= 0.6 is 11.8 Å². The van der Waals surface area contributed by atoms with Crippen LogP contribution in [0.3, 0.4) is 0 Å². The van der Waals surface area contributed by atoms with E-state index in [1.54, 1.807) is 23.7 Å². The predicted molar refractivity (Wildman–Crippen MR) is 61.1 cm³/mol. The molecule has 1 saturated heterocycles. The molecule has 0 aromatic heterocycles. The highest BCUT2D eigenvalue weighted by Gasteiger charge is 2.25. The molecule has 0 bridgehead atoms. The monoisotopic (exact) mass is 231 g/mol. The Morgan fingerprint density at radius 1 is 1.73 bits per heavy atom. The maximum Gasteiger partial charge on any atom is 0.235 e. The Labute approximate surface area is 93.7 Å². The zero-order chi connectivity index (χ0) is 11.3. The minimum absolute atomic E-state index is 0.113. The molecule has 5 nitrogen and oxygen atoms in total. The molecule has 0 aliphatic carbocycles. The number of amidine groups is 1. The Hall–Kier alpha value is -0.910. The zero-order valence-electron chi connectivity index (χ0n) is 8.85. The van der Waals surface area contributed by atoms with Crippen LogP contribution in [-0.4, -0.2) is 46.4 Å². The molecule has 0 saturated carbocycles. The predicted octanol–water partition coefficient (Wildman–Crippen LogP) is 0.477. The van der Waals surface area contributed by atoms with E-state index in [1.165, 1.54) is 0 Å². The fourth-order valence-corrected chi connectivity index (χ4v) is 2.73. The number of nitrogens with zero attached hydrogens (tertiary/aromatic N) is 2. The van der Waals surface area contributed by atoms with Crippen LogP contribution in [0.5, 0.6) is 0 Å². The van der Waals surface area contributed by atoms with Crippen LogP contribution < -0.4 is 5.73 Å². The van der Waals surface area contributed by atoms with Crippen LogP contribution in [0, 0.1) is 0 Å². The Bertz CT molecular complexity index is 252. The second-order valence-electron chi connectivity index (χ2n) is 3.60. The molecule has 6 heteroatoms. The maximum absolute atomic E-state index is 11.8. The fraction of sp³-hybridized carbons (Fsp3) is 0.778. The second kappa shape index (κ2) is 5.85. The van der Waals surface area contributed by atoms with E-state index >= 15 is 0 Å². The lowest BCUT2D eigenvalue weighted by Gasteiger charge is -2.20. The molecule has 0 aromatic carbocycles. The molecule has 1 amide bonds. The fourth-order valence-electron chi connectivity index (χ4n) is 1.46. The summed E-state index contributed by atoms with van der Waals surface area (Å²) in [5, 5.41) is 11.3. The van der Waals surface area contributed by atoms with E-state index in [0.29, 0.717) is 13.0 Å². The molecular formula is C9H17N3O2S. The average Bonchev–Trinajstić information content (AvgIpc) is 2.77. The average molecular weight is 231 g/mol. The van der Waals surface area contributed by atoms with Crippen LogP contribution in [0.25, 0.3) is 0 Å². The number of nitrogens with two attached hydrogens (primary N) is 1. The lowest BCUT2D eigenvalue weighted by atomic mass is 10.2. The first-order valence-electron chi connectivity index (χ1n) is 4.98. The number of carbonyl (C=O) groups excluding carboxylic acids is 1. The van der Waals surface area contributed by atoms with Gasteiger partial charge in [0.15, 0.2) is 0 Å². The second-order valence-corrected chi connectivity index (χ2v) is 4.91. The zero-order valence-corrected chi connectivity index (χ0v) is 9.66. The van der Waals surface area contributed by atoms with Crippen molar-refractivity contribution >= 4 is 23.5 Å². The molecule has 1 fully saturated rings. The van der Waals surface area contributed by atoms with Crippen molar-refractivity contribution in [1.82, 2.24) is 4.90 Å². The molecule has 1 rings (SSSR count). The molecule has 0 aromatic rings. The van der Waals surface area contributed by atoms with Gasteiger partial charge in [0.25, 0.3) is 0 Å². The summed E-state index contributed by atoms with van der Waals surface area (Å²) in [5.74, 6) is 1.39. The number of carbonyl (C=O) groups is 1. The van der Waals surface area contributed by atoms with E-state index in [4.69, 9.17) is 10.9 Å². The lowest BCUT2D eigenvalue weighted by molar-refractivity contribution is -0.129. The first-order chi connectivity index (χ1) is 7.15. The van der Waals surface area contributed by atoms with Crippen LogP contribution in [0.4, 0.5) is 0 Å². The SMILES string of the molecule is CN(CCC(N)=NO)C(=O)C1CCCS1. The molecule has 3 N–H and O–H groups in total. The minimum atomic E-state index is 0.113. The quantitative estimate of drug-likeness (QED) is 0.319. The Kier molecular flexibility index (Phi) is 4.74. The smallest absolute Gasteiger partial charge is 0.235 e. The van der Waals surface area contributed by atoms with Crippen LogP contribution in [0.1, 0.15) is 19.3 Å². The van der Waals surface area contributed by atoms with Crippen molar-refractivity contribution in [3.63, 3.8) is 0 Å². The van der Waals surface area contributed by atoms with E-state index in [1.807, 2.05) is 0 Å². The Balaban J connectivity index is 2.32. The number of hydrogen-bond acceptors (Lipinski definition) is 4. The number of oxime groups is 1. The van der Waals surface area contributed by atoms with Crippen molar-refractivity contribution in [3.05, 3.63) is 0 Å². The van der Waals surface area contributed by atoms with Crippen molar-refractivity contribution in [3.8, 4) is 0 Å². The van der Waals surface area contributed by atoms with E-state index in [-0.39, 0.29) is 17.0 Å². The molecule has 0 spiro atoms. The number of amides is 1. The first-order valence-corrected chi connectivity index (χ1v) is 6.03. The third kappa shape index (κ3) is 3.62. The third-order valence-electron chi connectivity index (χ3n) is 2.41. The lowest BCUT2D eigenvalue weighted by Crippen LogP contribution is -2.35. The van der Waals surface area contributed by atoms with Gasteiger partial charge < -0.3 is 15.8 Å². The third-order valence-corrected chi connectivity index (χ3v) is 3.78. The van der Waals surface area contributed by atoms with Crippen LogP contribution in [0.15, 0.2) is 5.16 Å². The summed E-state index contributed by atoms with van der Waals surface area (Å²) in [4.78, 5) is 13.5. The molecular weight excluding hydrogens is 214 g/mol. The summed E-state index contributed by atoms with van der Waals surface area (Å²) in [7, 11) is 1.76. The highest BCUT2D eigenvalue weighted by molar-refractivity contribution is 8.00. The van der Waals surface area contributed by atoms with E-state index in [2.05, 4.69) is 5.16 Å². The molecule has 1 unspecified atom stereocenters. The van der Waals surface area contributed by atoms with Crippen molar-refractivity contribution in [2.75, 3.05) is 19.3 Å². The summed E-state index contributed by atoms with van der Waals surface area (Å²) < 4.78 is 0. The summed E-state index contributed by atoms with van der Waals surface area (Å²) in [6, 6.07) is 0. The van der Waals surface area contributed by atoms with Gasteiger partial charge in [0, 0.05) is 20.0 Å². The van der Waals surface area contributed by atoms with Gasteiger partial charge >= 0.3 is 0 Å². The van der Waals surface area contributed by atoms with E-state index in [0.717, 1.165) is 18.6 Å². The Morgan fingerprint density at radius 2 is 2.47 bits per heavy atom. The molecule has 1 atom stereocenters. The van der Waals surface area contributed by atoms with Gasteiger partial charge in [0.1, 0.15) is 5.84 Å². The van der Waals surface area contributed by atoms with Gasteiger partial charge in [0.05, 0.1) is 5.25 Å². The molecule has 0 radical (unpaired) electrons. The number of thioether (sulfide) groups is 1. The summed E-state index contributed by atoms with van der Waals surface area (Å²) in [5.41, 5.74) is 5.33. The van der Waals surface area contributed by atoms with Crippen LogP contribution in [-0.2, 0) is 4.79 Å². The van der Waals surface area contributed by atoms with E-state index < -0.39 is 0 Å². The van der Waals surface area contributed by atoms with Crippen molar-refractivity contribution in [2.24, 2.45) is 10.9 Å². The molecule has 1 aliphatic rings. The highest BCUT2D eigenvalue weighted by atomic mass is 32.2. The van der Waals surface area contributed by atoms with Crippen molar-refractivity contribution < 1.29 is 10.0 Å². The van der Waals surface area contributed by atoms with Gasteiger partial charge in [-0.15, -0.1) is 11.8 Å². The maximum atomic E-state index is 11.8. The molecule has 1 aliphatic heterocycles. The normalized spacial score (nSPS) is 21.7. The summed E-state index contributed by atoms with van der Waals surface area (Å²) >= 11 is 1.72. The van der Waals surface area contributed by atoms with Gasteiger partial charge in [-0.3, -0.25) is 4.79 Å². The highest BCUT2D eigenvalue weighted by Crippen LogP contribution is 2.27. The minimum Gasteiger partial charge on any atom is -0.409 e. The standard InChI is InChI=1S/C9H17N3O2S/c1-12(5-4-8(10)11-14)9(13)7-3-2-6-15-7/h7,14H,2-6H2,1H3,(H2,10,11). The van der Waals surface area contributed by atoms with Gasteiger partial charge in [-0.2, -0.15) is 0 Å². The molecule has 15 heavy (non-hydrogen) atoms. The number of hydrogen-bond donors (Lipinski definition) is 2. The Morgan fingerprint density at radius 3 is 3.00 bits per heavy atom. The van der Waals surface area contributed by atoms with E-state index in [9.17, 15) is 4.79 Å². The van der Waals surface area contributed by atoms with Crippen molar-refractivity contribution in [1.29, 1.82) is 0 Å². The topological polar surface area (TPSA) is 78.9 Å². The first kappa shape index (κ1) is 12.2. The van der Waals surface area contributed by atoms with Gasteiger partial charge in [-0.25, -0.2) is 0 Å². The number of rotatable bonds is 4. The van der Waals surface area contributed by atoms with Gasteiger partial charge in [-0.05, 0) is 18.6 Å². The van der Waals surface area contributed by atoms with Gasteiger partial charge in [-0.1, -0.05) is 5.16 Å². The largest absolute Gasteiger partial charge is 0.409 e.